The zero-order chi connectivity index (χ0) is 16.4. The highest BCUT2D eigenvalue weighted by molar-refractivity contribution is 7.13. The second-order valence-corrected chi connectivity index (χ2v) is 6.30. The fraction of sp³-hybridized carbons (Fsp3) is 0.133. The molecule has 8 heteroatoms. The van der Waals surface area contributed by atoms with Gasteiger partial charge in [0.15, 0.2) is 6.10 Å². The van der Waals surface area contributed by atoms with Crippen LogP contribution in [-0.4, -0.2) is 16.2 Å². The molecule has 23 heavy (non-hydrogen) atoms. The van der Waals surface area contributed by atoms with Crippen molar-refractivity contribution in [1.82, 2.24) is 10.2 Å². The van der Waals surface area contributed by atoms with Crippen molar-refractivity contribution in [3.05, 3.63) is 57.2 Å². The van der Waals surface area contributed by atoms with E-state index in [4.69, 9.17) is 32.4 Å². The van der Waals surface area contributed by atoms with E-state index in [1.807, 2.05) is 17.5 Å². The minimum absolute atomic E-state index is 0.149. The Hall–Kier alpha value is -1.89. The molecule has 0 aliphatic carbocycles. The van der Waals surface area contributed by atoms with Crippen molar-refractivity contribution in [2.45, 2.75) is 13.0 Å². The van der Waals surface area contributed by atoms with Gasteiger partial charge in [0.25, 0.3) is 11.8 Å². The number of hydrogen-bond donors (Lipinski definition) is 0. The molecule has 0 radical (unpaired) electrons. The zero-order valence-corrected chi connectivity index (χ0v) is 14.2. The number of hydrogen-bond acceptors (Lipinski definition) is 6. The second-order valence-electron chi connectivity index (χ2n) is 4.57. The summed E-state index contributed by atoms with van der Waals surface area (Å²) in [4.78, 5) is 13.0. The first kappa shape index (κ1) is 16.0. The normalized spacial score (nSPS) is 12.1. The monoisotopic (exact) mass is 368 g/mol. The third-order valence-electron chi connectivity index (χ3n) is 2.98. The predicted octanol–water partition coefficient (Wildman–Crippen LogP) is 5.02. The van der Waals surface area contributed by atoms with Crippen LogP contribution in [0.15, 0.2) is 40.1 Å². The van der Waals surface area contributed by atoms with Crippen LogP contribution in [0.3, 0.4) is 0 Å². The summed E-state index contributed by atoms with van der Waals surface area (Å²) in [7, 11) is 0. The highest BCUT2D eigenvalue weighted by Gasteiger charge is 2.22. The van der Waals surface area contributed by atoms with Crippen LogP contribution in [-0.2, 0) is 4.74 Å². The summed E-state index contributed by atoms with van der Waals surface area (Å²) in [6.07, 6.45) is -0.709. The molecule has 5 nitrogen and oxygen atoms in total. The minimum Gasteiger partial charge on any atom is -0.449 e. The van der Waals surface area contributed by atoms with Gasteiger partial charge in [-0.2, -0.15) is 0 Å². The summed E-state index contributed by atoms with van der Waals surface area (Å²) in [5.41, 5.74) is 0.184. The van der Waals surface area contributed by atoms with E-state index in [2.05, 4.69) is 10.2 Å². The molecular formula is C15H10Cl2N2O3S. The molecule has 2 heterocycles. The average molecular weight is 369 g/mol. The maximum atomic E-state index is 12.2. The third kappa shape index (κ3) is 3.39. The van der Waals surface area contributed by atoms with E-state index in [1.54, 1.807) is 19.1 Å². The van der Waals surface area contributed by atoms with Gasteiger partial charge in [-0.25, -0.2) is 4.79 Å². The van der Waals surface area contributed by atoms with Crippen LogP contribution in [0.5, 0.6) is 0 Å². The van der Waals surface area contributed by atoms with Crippen LogP contribution in [0.25, 0.3) is 10.8 Å². The van der Waals surface area contributed by atoms with E-state index in [0.717, 1.165) is 4.88 Å². The molecule has 1 atom stereocenters. The van der Waals surface area contributed by atoms with Crippen molar-refractivity contribution in [2.75, 3.05) is 0 Å². The molecule has 0 saturated heterocycles. The summed E-state index contributed by atoms with van der Waals surface area (Å²) in [6, 6.07) is 8.50. The van der Waals surface area contributed by atoms with Gasteiger partial charge in [-0.1, -0.05) is 35.3 Å². The maximum absolute atomic E-state index is 12.2. The largest absolute Gasteiger partial charge is 0.449 e. The Kier molecular flexibility index (Phi) is 4.66. The topological polar surface area (TPSA) is 65.2 Å². The summed E-state index contributed by atoms with van der Waals surface area (Å²) in [5, 5.41) is 10.2. The van der Waals surface area contributed by atoms with Crippen molar-refractivity contribution < 1.29 is 13.9 Å². The summed E-state index contributed by atoms with van der Waals surface area (Å²) >= 11 is 13.4. The first-order valence-electron chi connectivity index (χ1n) is 6.58. The standard InChI is InChI=1S/C15H10Cl2N2O3S/c1-8(13-18-19-14(22-13)11-6-3-7-23-11)21-15(20)9-4-2-5-10(16)12(9)17/h2-8H,1H3/t8-/m0/s1. The number of ether oxygens (including phenoxy) is 1. The number of nitrogens with zero attached hydrogens (tertiary/aromatic N) is 2. The van der Waals surface area contributed by atoms with Gasteiger partial charge >= 0.3 is 5.97 Å². The lowest BCUT2D eigenvalue weighted by Crippen LogP contribution is -2.10. The Morgan fingerprint density at radius 3 is 2.83 bits per heavy atom. The van der Waals surface area contributed by atoms with Crippen LogP contribution in [0.4, 0.5) is 0 Å². The Bertz CT molecular complexity index is 833. The molecular weight excluding hydrogens is 359 g/mol. The van der Waals surface area contributed by atoms with Crippen LogP contribution in [0, 0.1) is 0 Å². The van der Waals surface area contributed by atoms with Gasteiger partial charge in [0.1, 0.15) is 0 Å². The van der Waals surface area contributed by atoms with Crippen LogP contribution < -0.4 is 0 Å². The van der Waals surface area contributed by atoms with Crippen molar-refractivity contribution in [3.8, 4) is 10.8 Å². The molecule has 0 aliphatic rings. The molecule has 1 aromatic carbocycles. The number of carbonyl (C=O) groups is 1. The number of halogens is 2. The minimum atomic E-state index is -0.709. The molecule has 0 bridgehead atoms. The van der Waals surface area contributed by atoms with Crippen LogP contribution >= 0.6 is 34.5 Å². The Morgan fingerprint density at radius 1 is 1.26 bits per heavy atom. The smallest absolute Gasteiger partial charge is 0.340 e. The molecule has 3 aromatic rings. The Balaban J connectivity index is 1.75. The maximum Gasteiger partial charge on any atom is 0.340 e. The first-order valence-corrected chi connectivity index (χ1v) is 8.22. The zero-order valence-electron chi connectivity index (χ0n) is 11.8. The number of thiophene rings is 1. The fourth-order valence-electron chi connectivity index (χ4n) is 1.83. The van der Waals surface area contributed by atoms with Gasteiger partial charge in [-0.05, 0) is 30.5 Å². The SMILES string of the molecule is C[C@H](OC(=O)c1cccc(Cl)c1Cl)c1nnc(-c2cccs2)o1. The molecule has 0 unspecified atom stereocenters. The van der Waals surface area contributed by atoms with Crippen LogP contribution in [0.1, 0.15) is 29.3 Å². The van der Waals surface area contributed by atoms with Gasteiger partial charge in [0, 0.05) is 0 Å². The molecule has 3 rings (SSSR count). The summed E-state index contributed by atoms with van der Waals surface area (Å²) < 4.78 is 10.8. The molecule has 0 aliphatic heterocycles. The van der Waals surface area contributed by atoms with Crippen molar-refractivity contribution in [3.63, 3.8) is 0 Å². The number of aromatic nitrogens is 2. The van der Waals surface area contributed by atoms with E-state index in [-0.39, 0.29) is 21.5 Å². The second kappa shape index (κ2) is 6.70. The molecule has 0 spiro atoms. The third-order valence-corrected chi connectivity index (χ3v) is 4.65. The predicted molar refractivity (Wildman–Crippen MR) is 87.9 cm³/mol. The number of benzene rings is 1. The van der Waals surface area contributed by atoms with E-state index in [9.17, 15) is 4.79 Å². The van der Waals surface area contributed by atoms with Gasteiger partial charge < -0.3 is 9.15 Å². The number of esters is 1. The van der Waals surface area contributed by atoms with Gasteiger partial charge in [-0.3, -0.25) is 0 Å². The number of rotatable bonds is 4. The quantitative estimate of drug-likeness (QED) is 0.604. The van der Waals surface area contributed by atoms with Gasteiger partial charge in [-0.15, -0.1) is 21.5 Å². The molecule has 2 aromatic heterocycles. The lowest BCUT2D eigenvalue weighted by atomic mass is 10.2. The van der Waals surface area contributed by atoms with Crippen molar-refractivity contribution >= 4 is 40.5 Å². The fourth-order valence-corrected chi connectivity index (χ4v) is 2.86. The van der Waals surface area contributed by atoms with E-state index < -0.39 is 12.1 Å². The lowest BCUT2D eigenvalue weighted by Gasteiger charge is -2.10. The summed E-state index contributed by atoms with van der Waals surface area (Å²) in [5.74, 6) is -0.0144. The number of carbonyl (C=O) groups excluding carboxylic acids is 1. The average Bonchev–Trinajstić information content (AvgIpc) is 3.20. The molecule has 0 amide bonds. The van der Waals surface area contributed by atoms with Crippen molar-refractivity contribution in [2.24, 2.45) is 0 Å². The van der Waals surface area contributed by atoms with E-state index in [0.29, 0.717) is 5.89 Å². The highest BCUT2D eigenvalue weighted by atomic mass is 35.5. The lowest BCUT2D eigenvalue weighted by molar-refractivity contribution is 0.0280. The highest BCUT2D eigenvalue weighted by Crippen LogP contribution is 2.29. The van der Waals surface area contributed by atoms with E-state index >= 15 is 0 Å². The van der Waals surface area contributed by atoms with Crippen LogP contribution in [0.2, 0.25) is 10.0 Å². The molecule has 0 saturated carbocycles. The molecule has 0 N–H and O–H groups in total. The summed E-state index contributed by atoms with van der Waals surface area (Å²) in [6.45, 7) is 1.64. The first-order chi connectivity index (χ1) is 11.1. The van der Waals surface area contributed by atoms with Gasteiger partial charge in [0.05, 0.1) is 20.5 Å². The Labute approximate surface area is 145 Å². The van der Waals surface area contributed by atoms with E-state index in [1.165, 1.54) is 17.4 Å². The van der Waals surface area contributed by atoms with Gasteiger partial charge in [0.2, 0.25) is 0 Å². The Morgan fingerprint density at radius 2 is 2.09 bits per heavy atom. The van der Waals surface area contributed by atoms with Crippen molar-refractivity contribution in [1.29, 1.82) is 0 Å². The molecule has 0 fully saturated rings. The molecule has 118 valence electrons.